The van der Waals surface area contributed by atoms with Crippen molar-refractivity contribution in [3.05, 3.63) is 26.6 Å². The Kier molecular flexibility index (Phi) is 6.94. The second-order valence-electron chi connectivity index (χ2n) is 4.06. The average Bonchev–Trinajstić information content (AvgIpc) is 2.09. The molecule has 16 heavy (non-hydrogen) atoms. The van der Waals surface area contributed by atoms with Crippen LogP contribution in [0.1, 0.15) is 31.9 Å². The number of phenolic OH excluding ortho intramolecular Hbond substituents is 1. The van der Waals surface area contributed by atoms with Gasteiger partial charge in [-0.25, -0.2) is 0 Å². The van der Waals surface area contributed by atoms with Gasteiger partial charge in [0.2, 0.25) is 0 Å². The summed E-state index contributed by atoms with van der Waals surface area (Å²) in [6.07, 6.45) is 0.858. The van der Waals surface area contributed by atoms with Gasteiger partial charge >= 0.3 is 0 Å². The van der Waals surface area contributed by atoms with E-state index in [0.29, 0.717) is 10.4 Å². The van der Waals surface area contributed by atoms with Gasteiger partial charge < -0.3 is 10.8 Å². The Morgan fingerprint density at radius 3 is 2.38 bits per heavy atom. The molecule has 1 atom stereocenters. The average molecular weight is 374 g/mol. The van der Waals surface area contributed by atoms with Crippen molar-refractivity contribution in [2.24, 2.45) is 11.7 Å². The van der Waals surface area contributed by atoms with Gasteiger partial charge in [-0.15, -0.1) is 12.4 Å². The summed E-state index contributed by atoms with van der Waals surface area (Å²) in [6.45, 7) is 4.23. The number of nitrogens with two attached hydrogens (primary N) is 1. The predicted molar refractivity (Wildman–Crippen MR) is 77.1 cm³/mol. The van der Waals surface area contributed by atoms with Gasteiger partial charge in [0.1, 0.15) is 5.75 Å². The molecule has 0 aliphatic rings. The van der Waals surface area contributed by atoms with E-state index in [0.717, 1.165) is 16.5 Å². The monoisotopic (exact) mass is 371 g/mol. The van der Waals surface area contributed by atoms with Crippen molar-refractivity contribution in [2.75, 3.05) is 0 Å². The van der Waals surface area contributed by atoms with Gasteiger partial charge in [-0.2, -0.15) is 0 Å². The van der Waals surface area contributed by atoms with Gasteiger partial charge in [-0.3, -0.25) is 0 Å². The first-order valence-corrected chi connectivity index (χ1v) is 6.44. The summed E-state index contributed by atoms with van der Waals surface area (Å²) >= 11 is 6.68. The topological polar surface area (TPSA) is 46.2 Å². The first-order valence-electron chi connectivity index (χ1n) is 4.85. The lowest BCUT2D eigenvalue weighted by atomic mass is 9.97. The highest BCUT2D eigenvalue weighted by atomic mass is 79.9. The Morgan fingerprint density at radius 2 is 1.88 bits per heavy atom. The molecule has 0 aliphatic heterocycles. The summed E-state index contributed by atoms with van der Waals surface area (Å²) in [5, 5.41) is 9.86. The minimum absolute atomic E-state index is 0. The Hall–Kier alpha value is 0.230. The van der Waals surface area contributed by atoms with Gasteiger partial charge in [0.15, 0.2) is 0 Å². The fourth-order valence-electron chi connectivity index (χ4n) is 1.50. The van der Waals surface area contributed by atoms with Gasteiger partial charge in [0, 0.05) is 16.1 Å². The first-order chi connectivity index (χ1) is 6.91. The van der Waals surface area contributed by atoms with E-state index < -0.39 is 0 Å². The number of benzene rings is 1. The number of aromatic hydroxyl groups is 1. The van der Waals surface area contributed by atoms with Crippen molar-refractivity contribution in [1.82, 2.24) is 0 Å². The summed E-state index contributed by atoms with van der Waals surface area (Å²) in [4.78, 5) is 0. The second-order valence-corrected chi connectivity index (χ2v) is 5.83. The first kappa shape index (κ1) is 16.2. The van der Waals surface area contributed by atoms with Crippen LogP contribution in [0.25, 0.3) is 0 Å². The van der Waals surface area contributed by atoms with Crippen molar-refractivity contribution in [3.63, 3.8) is 0 Å². The highest BCUT2D eigenvalue weighted by Gasteiger charge is 2.15. The van der Waals surface area contributed by atoms with Crippen molar-refractivity contribution in [3.8, 4) is 5.75 Å². The normalized spacial score (nSPS) is 12.4. The molecule has 0 aliphatic carbocycles. The molecule has 0 amide bonds. The largest absolute Gasteiger partial charge is 0.506 e. The van der Waals surface area contributed by atoms with Crippen LogP contribution in [0.3, 0.4) is 0 Å². The SMILES string of the molecule is CC(C)C[C@@H](N)c1cc(Br)cc(Br)c1O.Cl. The van der Waals surface area contributed by atoms with Gasteiger partial charge in [0.25, 0.3) is 0 Å². The van der Waals surface area contributed by atoms with E-state index in [2.05, 4.69) is 45.7 Å². The summed E-state index contributed by atoms with van der Waals surface area (Å²) in [5.74, 6) is 0.753. The molecule has 0 radical (unpaired) electrons. The third-order valence-electron chi connectivity index (χ3n) is 2.18. The van der Waals surface area contributed by atoms with Crippen LogP contribution >= 0.6 is 44.3 Å². The maximum Gasteiger partial charge on any atom is 0.134 e. The molecule has 1 rings (SSSR count). The van der Waals surface area contributed by atoms with E-state index in [1.165, 1.54) is 0 Å². The van der Waals surface area contributed by atoms with E-state index >= 15 is 0 Å². The molecule has 92 valence electrons. The van der Waals surface area contributed by atoms with Gasteiger partial charge in [-0.05, 0) is 40.4 Å². The standard InChI is InChI=1S/C11H15Br2NO.ClH/c1-6(2)3-10(14)8-4-7(12)5-9(13)11(8)15;/h4-6,10,15H,3,14H2,1-2H3;1H/t10-;/m1./s1. The molecule has 5 heteroatoms. The number of phenols is 1. The Balaban J connectivity index is 0.00000225. The van der Waals surface area contributed by atoms with Gasteiger partial charge in [-0.1, -0.05) is 29.8 Å². The van der Waals surface area contributed by atoms with Crippen LogP contribution in [0.15, 0.2) is 21.1 Å². The number of hydrogen-bond acceptors (Lipinski definition) is 2. The van der Waals surface area contributed by atoms with Crippen LogP contribution in [0.2, 0.25) is 0 Å². The predicted octanol–water partition coefficient (Wildman–Crippen LogP) is 4.38. The summed E-state index contributed by atoms with van der Waals surface area (Å²) < 4.78 is 1.59. The van der Waals surface area contributed by atoms with E-state index in [1.54, 1.807) is 6.07 Å². The maximum absolute atomic E-state index is 9.86. The molecular weight excluding hydrogens is 357 g/mol. The van der Waals surface area contributed by atoms with Crippen LogP contribution in [-0.2, 0) is 0 Å². The molecule has 0 spiro atoms. The van der Waals surface area contributed by atoms with Crippen molar-refractivity contribution >= 4 is 44.3 Å². The molecule has 0 unspecified atom stereocenters. The van der Waals surface area contributed by atoms with E-state index in [9.17, 15) is 5.11 Å². The summed E-state index contributed by atoms with van der Waals surface area (Å²) in [7, 11) is 0. The quantitative estimate of drug-likeness (QED) is 0.826. The molecule has 1 aromatic carbocycles. The second kappa shape index (κ2) is 6.84. The highest BCUT2D eigenvalue weighted by molar-refractivity contribution is 9.11. The molecule has 0 aromatic heterocycles. The third kappa shape index (κ3) is 4.24. The Labute approximate surface area is 119 Å². The van der Waals surface area contributed by atoms with Crippen LogP contribution in [0.5, 0.6) is 5.75 Å². The van der Waals surface area contributed by atoms with Crippen LogP contribution in [0, 0.1) is 5.92 Å². The lowest BCUT2D eigenvalue weighted by molar-refractivity contribution is 0.442. The molecule has 3 N–H and O–H groups in total. The number of hydrogen-bond donors (Lipinski definition) is 2. The van der Waals surface area contributed by atoms with Crippen LogP contribution < -0.4 is 5.73 Å². The van der Waals surface area contributed by atoms with E-state index in [-0.39, 0.29) is 24.2 Å². The van der Waals surface area contributed by atoms with Crippen molar-refractivity contribution in [2.45, 2.75) is 26.3 Å². The molecule has 0 fully saturated rings. The summed E-state index contributed by atoms with van der Waals surface area (Å²) in [6, 6.07) is 3.55. The molecule has 1 aromatic rings. The zero-order valence-corrected chi connectivity index (χ0v) is 13.2. The fourth-order valence-corrected chi connectivity index (χ4v) is 2.76. The molecule has 0 saturated heterocycles. The molecular formula is C11H16Br2ClNO. The Bertz CT molecular complexity index is 358. The zero-order valence-electron chi connectivity index (χ0n) is 9.21. The zero-order chi connectivity index (χ0) is 11.6. The molecule has 0 bridgehead atoms. The van der Waals surface area contributed by atoms with Gasteiger partial charge in [0.05, 0.1) is 4.47 Å². The highest BCUT2D eigenvalue weighted by Crippen LogP contribution is 2.36. The molecule has 0 saturated carbocycles. The molecule has 2 nitrogen and oxygen atoms in total. The lowest BCUT2D eigenvalue weighted by Crippen LogP contribution is -2.13. The maximum atomic E-state index is 9.86. The smallest absolute Gasteiger partial charge is 0.134 e. The number of halogens is 3. The minimum Gasteiger partial charge on any atom is -0.506 e. The minimum atomic E-state index is -0.126. The molecule has 0 heterocycles. The third-order valence-corrected chi connectivity index (χ3v) is 3.24. The lowest BCUT2D eigenvalue weighted by Gasteiger charge is -2.17. The number of rotatable bonds is 3. The van der Waals surface area contributed by atoms with Crippen molar-refractivity contribution in [1.29, 1.82) is 0 Å². The summed E-state index contributed by atoms with van der Waals surface area (Å²) in [5.41, 5.74) is 6.82. The van der Waals surface area contributed by atoms with E-state index in [4.69, 9.17) is 5.73 Å². The van der Waals surface area contributed by atoms with E-state index in [1.807, 2.05) is 6.07 Å². The van der Waals surface area contributed by atoms with Crippen molar-refractivity contribution < 1.29 is 5.11 Å². The Morgan fingerprint density at radius 1 is 1.31 bits per heavy atom. The van der Waals surface area contributed by atoms with Crippen LogP contribution in [0.4, 0.5) is 0 Å². The fraction of sp³-hybridized carbons (Fsp3) is 0.455. The van der Waals surface area contributed by atoms with Crippen LogP contribution in [-0.4, -0.2) is 5.11 Å².